The van der Waals surface area contributed by atoms with Crippen LogP contribution in [-0.4, -0.2) is 18.0 Å². The van der Waals surface area contributed by atoms with E-state index in [9.17, 15) is 4.79 Å². The Kier molecular flexibility index (Phi) is 5.27. The molecule has 2 aromatic carbocycles. The SMILES string of the molecule is COc1ccc(Cl)cc1NC(=O)c1sc(-c2cccc(Cl)c2)nc1C. The summed E-state index contributed by atoms with van der Waals surface area (Å²) < 4.78 is 5.25. The van der Waals surface area contributed by atoms with Gasteiger partial charge in [0.2, 0.25) is 0 Å². The first-order chi connectivity index (χ1) is 12.0. The third-order valence-corrected chi connectivity index (χ3v) is 5.16. The van der Waals surface area contributed by atoms with Gasteiger partial charge in [0.25, 0.3) is 5.91 Å². The number of halogens is 2. The molecule has 0 saturated carbocycles. The molecule has 0 unspecified atom stereocenters. The van der Waals surface area contributed by atoms with E-state index in [2.05, 4.69) is 10.3 Å². The van der Waals surface area contributed by atoms with Gasteiger partial charge in [0.05, 0.1) is 18.5 Å². The number of rotatable bonds is 4. The van der Waals surface area contributed by atoms with E-state index in [0.717, 1.165) is 10.6 Å². The maximum Gasteiger partial charge on any atom is 0.267 e. The van der Waals surface area contributed by atoms with Crippen LogP contribution in [0.4, 0.5) is 5.69 Å². The lowest BCUT2D eigenvalue weighted by Gasteiger charge is -2.09. The maximum atomic E-state index is 12.7. The van der Waals surface area contributed by atoms with Gasteiger partial charge in [-0.3, -0.25) is 4.79 Å². The van der Waals surface area contributed by atoms with E-state index < -0.39 is 0 Å². The quantitative estimate of drug-likeness (QED) is 0.620. The summed E-state index contributed by atoms with van der Waals surface area (Å²) in [5, 5.41) is 4.71. The minimum absolute atomic E-state index is 0.260. The molecule has 0 aliphatic carbocycles. The second-order valence-electron chi connectivity index (χ2n) is 5.24. The maximum absolute atomic E-state index is 12.7. The van der Waals surface area contributed by atoms with E-state index in [4.69, 9.17) is 27.9 Å². The normalized spacial score (nSPS) is 10.6. The van der Waals surface area contributed by atoms with E-state index in [0.29, 0.717) is 32.1 Å². The van der Waals surface area contributed by atoms with Crippen LogP contribution >= 0.6 is 34.5 Å². The third-order valence-electron chi connectivity index (χ3n) is 3.48. The number of aryl methyl sites for hydroxylation is 1. The Bertz CT molecular complexity index is 941. The van der Waals surface area contributed by atoms with E-state index in [1.54, 1.807) is 31.2 Å². The Morgan fingerprint density at radius 2 is 1.92 bits per heavy atom. The van der Waals surface area contributed by atoms with Crippen molar-refractivity contribution in [2.45, 2.75) is 6.92 Å². The van der Waals surface area contributed by atoms with Crippen molar-refractivity contribution < 1.29 is 9.53 Å². The number of anilines is 1. The molecular formula is C18H14Cl2N2O2S. The van der Waals surface area contributed by atoms with Crippen LogP contribution in [0.15, 0.2) is 42.5 Å². The van der Waals surface area contributed by atoms with Crippen LogP contribution in [0, 0.1) is 6.92 Å². The number of carbonyl (C=O) groups is 1. The lowest BCUT2D eigenvalue weighted by molar-refractivity contribution is 0.102. The van der Waals surface area contributed by atoms with Crippen molar-refractivity contribution in [3.05, 3.63) is 63.1 Å². The van der Waals surface area contributed by atoms with Crippen molar-refractivity contribution in [3.8, 4) is 16.3 Å². The summed E-state index contributed by atoms with van der Waals surface area (Å²) >= 11 is 13.3. The highest BCUT2D eigenvalue weighted by Crippen LogP contribution is 2.32. The summed E-state index contributed by atoms with van der Waals surface area (Å²) in [5.41, 5.74) is 2.04. The Morgan fingerprint density at radius 1 is 1.16 bits per heavy atom. The Labute approximate surface area is 159 Å². The number of carbonyl (C=O) groups excluding carboxylic acids is 1. The van der Waals surface area contributed by atoms with Crippen molar-refractivity contribution >= 4 is 46.1 Å². The number of amides is 1. The second-order valence-corrected chi connectivity index (χ2v) is 7.11. The molecule has 7 heteroatoms. The molecular weight excluding hydrogens is 379 g/mol. The minimum atomic E-state index is -0.260. The molecule has 0 aliphatic heterocycles. The van der Waals surface area contributed by atoms with Crippen LogP contribution in [-0.2, 0) is 0 Å². The predicted octanol–water partition coefficient (Wildman–Crippen LogP) is 5.69. The second kappa shape index (κ2) is 7.44. The highest BCUT2D eigenvalue weighted by atomic mass is 35.5. The van der Waals surface area contributed by atoms with E-state index in [1.807, 2.05) is 18.2 Å². The number of ether oxygens (including phenoxy) is 1. The molecule has 25 heavy (non-hydrogen) atoms. The first kappa shape index (κ1) is 17.7. The van der Waals surface area contributed by atoms with Gasteiger partial charge in [-0.15, -0.1) is 11.3 Å². The summed E-state index contributed by atoms with van der Waals surface area (Å²) in [6.07, 6.45) is 0. The van der Waals surface area contributed by atoms with Crippen LogP contribution in [0.3, 0.4) is 0 Å². The number of aromatic nitrogens is 1. The number of nitrogens with zero attached hydrogens (tertiary/aromatic N) is 1. The predicted molar refractivity (Wildman–Crippen MR) is 103 cm³/mol. The zero-order chi connectivity index (χ0) is 18.0. The lowest BCUT2D eigenvalue weighted by atomic mass is 10.2. The van der Waals surface area contributed by atoms with Gasteiger partial charge in [-0.25, -0.2) is 4.98 Å². The number of benzene rings is 2. The average molecular weight is 393 g/mol. The molecule has 1 N–H and O–H groups in total. The van der Waals surface area contributed by atoms with Crippen molar-refractivity contribution in [1.82, 2.24) is 4.98 Å². The number of methoxy groups -OCH3 is 1. The monoisotopic (exact) mass is 392 g/mol. The molecule has 0 fully saturated rings. The van der Waals surface area contributed by atoms with E-state index >= 15 is 0 Å². The first-order valence-corrected chi connectivity index (χ1v) is 8.93. The van der Waals surface area contributed by atoms with Gasteiger partial charge in [-0.2, -0.15) is 0 Å². The fourth-order valence-electron chi connectivity index (χ4n) is 2.31. The van der Waals surface area contributed by atoms with Crippen LogP contribution in [0.1, 0.15) is 15.4 Å². The highest BCUT2D eigenvalue weighted by molar-refractivity contribution is 7.17. The number of hydrogen-bond donors (Lipinski definition) is 1. The fraction of sp³-hybridized carbons (Fsp3) is 0.111. The Morgan fingerprint density at radius 3 is 2.64 bits per heavy atom. The van der Waals surface area contributed by atoms with Crippen LogP contribution in [0.5, 0.6) is 5.75 Å². The number of nitrogens with one attached hydrogen (secondary N) is 1. The van der Waals surface area contributed by atoms with Crippen molar-refractivity contribution in [2.24, 2.45) is 0 Å². The lowest BCUT2D eigenvalue weighted by Crippen LogP contribution is -2.12. The van der Waals surface area contributed by atoms with Crippen LogP contribution in [0.25, 0.3) is 10.6 Å². The topological polar surface area (TPSA) is 51.2 Å². The van der Waals surface area contributed by atoms with Crippen molar-refractivity contribution in [3.63, 3.8) is 0 Å². The molecule has 128 valence electrons. The molecule has 1 amide bonds. The minimum Gasteiger partial charge on any atom is -0.495 e. The van der Waals surface area contributed by atoms with Crippen molar-refractivity contribution in [2.75, 3.05) is 12.4 Å². The Hall–Kier alpha value is -2.08. The van der Waals surface area contributed by atoms with Crippen molar-refractivity contribution in [1.29, 1.82) is 0 Å². The molecule has 1 heterocycles. The summed E-state index contributed by atoms with van der Waals surface area (Å²) in [5.74, 6) is 0.277. The smallest absolute Gasteiger partial charge is 0.267 e. The number of hydrogen-bond acceptors (Lipinski definition) is 4. The third kappa shape index (κ3) is 3.95. The first-order valence-electron chi connectivity index (χ1n) is 7.36. The molecule has 1 aromatic heterocycles. The molecule has 0 radical (unpaired) electrons. The van der Waals surface area contributed by atoms with Crippen LogP contribution in [0.2, 0.25) is 10.0 Å². The van der Waals surface area contributed by atoms with Gasteiger partial charge in [-0.1, -0.05) is 35.3 Å². The average Bonchev–Trinajstić information content (AvgIpc) is 2.97. The summed E-state index contributed by atoms with van der Waals surface area (Å²) in [6.45, 7) is 1.80. The largest absolute Gasteiger partial charge is 0.495 e. The van der Waals surface area contributed by atoms with Crippen LogP contribution < -0.4 is 10.1 Å². The summed E-state index contributed by atoms with van der Waals surface area (Å²) in [4.78, 5) is 17.7. The molecule has 0 saturated heterocycles. The van der Waals surface area contributed by atoms with Gasteiger partial charge in [0.15, 0.2) is 0 Å². The highest BCUT2D eigenvalue weighted by Gasteiger charge is 2.18. The summed E-state index contributed by atoms with van der Waals surface area (Å²) in [7, 11) is 1.54. The number of thiazole rings is 1. The standard InChI is InChI=1S/C18H14Cl2N2O2S/c1-10-16(25-18(21-10)11-4-3-5-12(19)8-11)17(23)22-14-9-13(20)6-7-15(14)24-2/h3-9H,1-2H3,(H,22,23). The molecule has 3 rings (SSSR count). The zero-order valence-electron chi connectivity index (χ0n) is 13.5. The zero-order valence-corrected chi connectivity index (χ0v) is 15.8. The van der Waals surface area contributed by atoms with Gasteiger partial charge in [0, 0.05) is 15.6 Å². The molecule has 4 nitrogen and oxygen atoms in total. The molecule has 0 atom stereocenters. The molecule has 0 aliphatic rings. The van der Waals surface area contributed by atoms with E-state index in [1.165, 1.54) is 18.4 Å². The molecule has 0 bridgehead atoms. The molecule has 3 aromatic rings. The van der Waals surface area contributed by atoms with E-state index in [-0.39, 0.29) is 5.91 Å². The van der Waals surface area contributed by atoms with Gasteiger partial charge in [0.1, 0.15) is 15.6 Å². The molecule has 0 spiro atoms. The van der Waals surface area contributed by atoms with Gasteiger partial charge in [-0.05, 0) is 37.3 Å². The summed E-state index contributed by atoms with van der Waals surface area (Å²) in [6, 6.07) is 12.4. The fourth-order valence-corrected chi connectivity index (χ4v) is 3.63. The van der Waals surface area contributed by atoms with Gasteiger partial charge >= 0.3 is 0 Å². The Balaban J connectivity index is 1.90. The van der Waals surface area contributed by atoms with Gasteiger partial charge < -0.3 is 10.1 Å².